The number of aryl methyl sites for hydroxylation is 1. The van der Waals surface area contributed by atoms with Gasteiger partial charge in [0, 0.05) is 17.0 Å². The molecule has 0 aliphatic heterocycles. The van der Waals surface area contributed by atoms with Crippen molar-refractivity contribution in [3.8, 4) is 5.75 Å². The Balaban J connectivity index is 1.80. The van der Waals surface area contributed by atoms with Crippen molar-refractivity contribution in [2.75, 3.05) is 0 Å². The Morgan fingerprint density at radius 3 is 2.46 bits per heavy atom. The van der Waals surface area contributed by atoms with Crippen LogP contribution in [0.2, 0.25) is 0 Å². The van der Waals surface area contributed by atoms with E-state index < -0.39 is 24.0 Å². The largest absolute Gasteiger partial charge is 0.548 e. The maximum absolute atomic E-state index is 12.3. The van der Waals surface area contributed by atoms with E-state index in [-0.39, 0.29) is 11.5 Å². The molecule has 0 fully saturated rings. The quantitative estimate of drug-likeness (QED) is 0.750. The molecule has 0 saturated carbocycles. The minimum absolute atomic E-state index is 0.317. The first kappa shape index (κ1) is 19.9. The Kier molecular flexibility index (Phi) is 5.72. The standard InChI is InChI=1S/C21H25NO6/c1-11(2)18(20(24)25)22-19(23)12(3)27-13-8-9-15-14-6-4-5-7-16(14)21(26)28-17(15)10-13/h8-12,18H,4-7H2,1-3H3,(H,22,23)(H,24,25)/p-1/t12-,18-/m0/s1. The molecule has 28 heavy (non-hydrogen) atoms. The van der Waals surface area contributed by atoms with Crippen molar-refractivity contribution in [2.45, 2.75) is 58.6 Å². The third-order valence-corrected chi connectivity index (χ3v) is 5.10. The monoisotopic (exact) mass is 386 g/mol. The van der Waals surface area contributed by atoms with Crippen LogP contribution in [0.15, 0.2) is 27.4 Å². The van der Waals surface area contributed by atoms with E-state index in [1.807, 2.05) is 6.07 Å². The van der Waals surface area contributed by atoms with Crippen molar-refractivity contribution in [1.29, 1.82) is 0 Å². The fraction of sp³-hybridized carbons (Fsp3) is 0.476. The second kappa shape index (κ2) is 8.04. The summed E-state index contributed by atoms with van der Waals surface area (Å²) in [5.74, 6) is -1.85. The normalized spacial score (nSPS) is 15.7. The zero-order valence-electron chi connectivity index (χ0n) is 16.2. The van der Waals surface area contributed by atoms with Gasteiger partial charge in [0.15, 0.2) is 6.10 Å². The Morgan fingerprint density at radius 2 is 1.82 bits per heavy atom. The van der Waals surface area contributed by atoms with Gasteiger partial charge in [-0.25, -0.2) is 4.79 Å². The predicted octanol–water partition coefficient (Wildman–Crippen LogP) is 1.33. The van der Waals surface area contributed by atoms with Gasteiger partial charge < -0.3 is 24.4 Å². The van der Waals surface area contributed by atoms with Crippen molar-refractivity contribution in [2.24, 2.45) is 5.92 Å². The van der Waals surface area contributed by atoms with Gasteiger partial charge in [-0.1, -0.05) is 13.8 Å². The lowest BCUT2D eigenvalue weighted by Gasteiger charge is -2.25. The molecule has 1 aliphatic rings. The van der Waals surface area contributed by atoms with E-state index in [9.17, 15) is 19.5 Å². The summed E-state index contributed by atoms with van der Waals surface area (Å²) >= 11 is 0. The molecule has 7 nitrogen and oxygen atoms in total. The summed E-state index contributed by atoms with van der Waals surface area (Å²) in [5, 5.41) is 14.5. The molecule has 1 amide bonds. The van der Waals surface area contributed by atoms with E-state index in [0.717, 1.165) is 42.2 Å². The summed E-state index contributed by atoms with van der Waals surface area (Å²) in [6, 6.07) is 4.05. The summed E-state index contributed by atoms with van der Waals surface area (Å²) < 4.78 is 11.1. The Hall–Kier alpha value is -2.83. The van der Waals surface area contributed by atoms with Crippen LogP contribution in [-0.4, -0.2) is 24.0 Å². The molecule has 1 aliphatic carbocycles. The third kappa shape index (κ3) is 4.03. The van der Waals surface area contributed by atoms with E-state index in [0.29, 0.717) is 11.3 Å². The first-order chi connectivity index (χ1) is 13.3. The van der Waals surface area contributed by atoms with Gasteiger partial charge in [-0.3, -0.25) is 4.79 Å². The minimum atomic E-state index is -1.34. The van der Waals surface area contributed by atoms with E-state index in [2.05, 4.69) is 5.32 Å². The maximum atomic E-state index is 12.3. The second-order valence-electron chi connectivity index (χ2n) is 7.52. The average Bonchev–Trinajstić information content (AvgIpc) is 2.65. The topological polar surface area (TPSA) is 109 Å². The molecular formula is C21H24NO6-. The maximum Gasteiger partial charge on any atom is 0.339 e. The number of fused-ring (bicyclic) bond motifs is 3. The molecule has 0 bridgehead atoms. The third-order valence-electron chi connectivity index (χ3n) is 5.10. The number of ether oxygens (including phenoxy) is 1. The summed E-state index contributed by atoms with van der Waals surface area (Å²) in [5.41, 5.74) is 1.88. The van der Waals surface area contributed by atoms with E-state index in [4.69, 9.17) is 9.15 Å². The van der Waals surface area contributed by atoms with Gasteiger partial charge in [0.2, 0.25) is 0 Å². The van der Waals surface area contributed by atoms with E-state index >= 15 is 0 Å². The van der Waals surface area contributed by atoms with Gasteiger partial charge in [0.1, 0.15) is 11.3 Å². The number of rotatable bonds is 6. The Labute approximate surface area is 162 Å². The number of carbonyl (C=O) groups excluding carboxylic acids is 2. The van der Waals surface area contributed by atoms with Crippen LogP contribution in [-0.2, 0) is 22.4 Å². The molecule has 150 valence electrons. The Bertz CT molecular complexity index is 961. The Morgan fingerprint density at radius 1 is 1.14 bits per heavy atom. The molecule has 0 spiro atoms. The average molecular weight is 386 g/mol. The lowest BCUT2D eigenvalue weighted by Crippen LogP contribution is -2.53. The molecule has 2 aromatic rings. The van der Waals surface area contributed by atoms with E-state index in [1.54, 1.807) is 26.0 Å². The van der Waals surface area contributed by atoms with Crippen LogP contribution < -0.4 is 20.8 Å². The zero-order valence-corrected chi connectivity index (χ0v) is 16.2. The molecule has 7 heteroatoms. The molecule has 0 unspecified atom stereocenters. The molecule has 0 radical (unpaired) electrons. The van der Waals surface area contributed by atoms with E-state index in [1.165, 1.54) is 6.92 Å². The van der Waals surface area contributed by atoms with Crippen LogP contribution in [0.25, 0.3) is 11.0 Å². The summed E-state index contributed by atoms with van der Waals surface area (Å²) in [7, 11) is 0. The highest BCUT2D eigenvalue weighted by Gasteiger charge is 2.23. The van der Waals surface area contributed by atoms with Crippen LogP contribution in [0, 0.1) is 5.92 Å². The number of carboxylic acid groups (broad SMARTS) is 1. The van der Waals surface area contributed by atoms with Crippen molar-refractivity contribution >= 4 is 22.8 Å². The van der Waals surface area contributed by atoms with Gasteiger partial charge in [-0.05, 0) is 56.2 Å². The van der Waals surface area contributed by atoms with Crippen molar-refractivity contribution in [3.63, 3.8) is 0 Å². The van der Waals surface area contributed by atoms with Crippen LogP contribution in [0.3, 0.4) is 0 Å². The number of aliphatic carboxylic acids is 1. The highest BCUT2D eigenvalue weighted by atomic mass is 16.5. The lowest BCUT2D eigenvalue weighted by molar-refractivity contribution is -0.309. The van der Waals surface area contributed by atoms with Crippen molar-refractivity contribution < 1.29 is 23.8 Å². The first-order valence-electron chi connectivity index (χ1n) is 9.54. The molecule has 0 saturated heterocycles. The summed E-state index contributed by atoms with van der Waals surface area (Å²) in [6.07, 6.45) is 2.67. The fourth-order valence-corrected chi connectivity index (χ4v) is 3.53. The first-order valence-corrected chi connectivity index (χ1v) is 9.54. The smallest absolute Gasteiger partial charge is 0.339 e. The fourth-order valence-electron chi connectivity index (χ4n) is 3.53. The van der Waals surface area contributed by atoms with Gasteiger partial charge in [0.05, 0.1) is 12.0 Å². The molecule has 1 aromatic carbocycles. The highest BCUT2D eigenvalue weighted by Crippen LogP contribution is 2.29. The summed E-state index contributed by atoms with van der Waals surface area (Å²) in [4.78, 5) is 35.7. The number of carboxylic acids is 1. The zero-order chi connectivity index (χ0) is 20.4. The predicted molar refractivity (Wildman–Crippen MR) is 101 cm³/mol. The van der Waals surface area contributed by atoms with Crippen LogP contribution in [0.1, 0.15) is 44.7 Å². The van der Waals surface area contributed by atoms with Crippen LogP contribution in [0.4, 0.5) is 0 Å². The number of hydrogen-bond acceptors (Lipinski definition) is 6. The van der Waals surface area contributed by atoms with Gasteiger partial charge in [-0.2, -0.15) is 0 Å². The van der Waals surface area contributed by atoms with Crippen LogP contribution in [0.5, 0.6) is 5.75 Å². The van der Waals surface area contributed by atoms with Gasteiger partial charge >= 0.3 is 5.63 Å². The highest BCUT2D eigenvalue weighted by molar-refractivity contribution is 5.86. The number of benzene rings is 1. The van der Waals surface area contributed by atoms with Gasteiger partial charge in [-0.15, -0.1) is 0 Å². The number of carbonyl (C=O) groups is 2. The second-order valence-corrected chi connectivity index (χ2v) is 7.52. The van der Waals surface area contributed by atoms with Crippen molar-refractivity contribution in [3.05, 3.63) is 39.7 Å². The molecule has 1 heterocycles. The molecule has 2 atom stereocenters. The molecule has 1 N–H and O–H groups in total. The SMILES string of the molecule is CC(C)[C@H](NC(=O)[C@H](C)Oc1ccc2c3c(c(=O)oc2c1)CCCC3)C(=O)[O-]. The summed E-state index contributed by atoms with van der Waals surface area (Å²) in [6.45, 7) is 4.88. The number of nitrogens with one attached hydrogen (secondary N) is 1. The van der Waals surface area contributed by atoms with Crippen molar-refractivity contribution in [1.82, 2.24) is 5.32 Å². The number of amides is 1. The van der Waals surface area contributed by atoms with Crippen LogP contribution >= 0.6 is 0 Å². The molecule has 3 rings (SSSR count). The molecule has 1 aromatic heterocycles. The van der Waals surface area contributed by atoms with Gasteiger partial charge in [0.25, 0.3) is 5.91 Å². The lowest BCUT2D eigenvalue weighted by atomic mass is 9.91. The molecular weight excluding hydrogens is 362 g/mol. The minimum Gasteiger partial charge on any atom is -0.548 e. The number of hydrogen-bond donors (Lipinski definition) is 1.